The molecular formula is C24H21F3N6O3S. The Balaban J connectivity index is 1.48. The molecule has 37 heavy (non-hydrogen) atoms. The van der Waals surface area contributed by atoms with Gasteiger partial charge in [-0.1, -0.05) is 6.07 Å². The van der Waals surface area contributed by atoms with Gasteiger partial charge in [0.15, 0.2) is 0 Å². The highest BCUT2D eigenvalue weighted by Crippen LogP contribution is 2.39. The van der Waals surface area contributed by atoms with Crippen molar-refractivity contribution in [1.82, 2.24) is 14.9 Å². The van der Waals surface area contributed by atoms with Crippen LogP contribution >= 0.6 is 11.8 Å². The standard InChI is InChI=1S/C24H21F3N6O3S/c1-23(2)20(34)33(16-6-8-17(9-7-16)37-24(25,26)27)22(36)32(23)14-15-10-12-29-19(13-15)31-21(35)30-18-5-3-4-11-28-18/h3-13H,14H2,1-2H3,(H2,28,29,30,31,35). The number of rotatable bonds is 6. The van der Waals surface area contributed by atoms with Crippen LogP contribution in [0.3, 0.4) is 0 Å². The van der Waals surface area contributed by atoms with Gasteiger partial charge < -0.3 is 4.90 Å². The minimum absolute atomic E-state index is 0.0230. The van der Waals surface area contributed by atoms with Crippen LogP contribution in [0.1, 0.15) is 19.4 Å². The highest BCUT2D eigenvalue weighted by Gasteiger charge is 2.51. The molecule has 3 heterocycles. The molecule has 5 amide bonds. The van der Waals surface area contributed by atoms with Crippen molar-refractivity contribution < 1.29 is 27.6 Å². The van der Waals surface area contributed by atoms with E-state index in [1.165, 1.54) is 41.6 Å². The van der Waals surface area contributed by atoms with Gasteiger partial charge in [0.2, 0.25) is 0 Å². The number of imide groups is 1. The number of urea groups is 2. The first kappa shape index (κ1) is 25.9. The summed E-state index contributed by atoms with van der Waals surface area (Å²) < 4.78 is 37.9. The number of halogens is 3. The van der Waals surface area contributed by atoms with E-state index in [2.05, 4.69) is 20.6 Å². The van der Waals surface area contributed by atoms with Gasteiger partial charge in [-0.3, -0.25) is 15.4 Å². The maximum absolute atomic E-state index is 13.3. The summed E-state index contributed by atoms with van der Waals surface area (Å²) in [4.78, 5) is 49.0. The van der Waals surface area contributed by atoms with Crippen molar-refractivity contribution in [1.29, 1.82) is 0 Å². The number of carbonyl (C=O) groups is 3. The minimum Gasteiger partial charge on any atom is -0.305 e. The third-order valence-electron chi connectivity index (χ3n) is 5.47. The van der Waals surface area contributed by atoms with Crippen molar-refractivity contribution in [3.05, 3.63) is 72.6 Å². The maximum Gasteiger partial charge on any atom is 0.446 e. The molecule has 0 unspecified atom stereocenters. The van der Waals surface area contributed by atoms with Gasteiger partial charge in [0, 0.05) is 23.8 Å². The number of hydrogen-bond donors (Lipinski definition) is 2. The molecule has 2 aromatic heterocycles. The van der Waals surface area contributed by atoms with Crippen molar-refractivity contribution in [2.75, 3.05) is 15.5 Å². The van der Waals surface area contributed by atoms with Crippen molar-refractivity contribution in [3.8, 4) is 0 Å². The Labute approximate surface area is 214 Å². The van der Waals surface area contributed by atoms with E-state index in [0.717, 1.165) is 4.90 Å². The number of nitrogens with one attached hydrogen (secondary N) is 2. The second-order valence-electron chi connectivity index (χ2n) is 8.45. The number of pyridine rings is 2. The van der Waals surface area contributed by atoms with Crippen LogP contribution in [0.15, 0.2) is 71.9 Å². The van der Waals surface area contributed by atoms with Crippen LogP contribution in [0.4, 0.5) is 40.1 Å². The molecule has 4 rings (SSSR count). The van der Waals surface area contributed by atoms with E-state index in [4.69, 9.17) is 0 Å². The van der Waals surface area contributed by atoms with Gasteiger partial charge in [-0.2, -0.15) is 13.2 Å². The summed E-state index contributed by atoms with van der Waals surface area (Å²) in [6.07, 6.45) is 2.99. The predicted molar refractivity (Wildman–Crippen MR) is 132 cm³/mol. The summed E-state index contributed by atoms with van der Waals surface area (Å²) >= 11 is -0.281. The average Bonchev–Trinajstić information content (AvgIpc) is 2.99. The van der Waals surface area contributed by atoms with E-state index in [1.54, 1.807) is 44.2 Å². The van der Waals surface area contributed by atoms with E-state index >= 15 is 0 Å². The van der Waals surface area contributed by atoms with Crippen molar-refractivity contribution in [2.24, 2.45) is 0 Å². The largest absolute Gasteiger partial charge is 0.446 e. The van der Waals surface area contributed by atoms with Gasteiger partial charge >= 0.3 is 17.6 Å². The van der Waals surface area contributed by atoms with Crippen molar-refractivity contribution in [3.63, 3.8) is 0 Å². The smallest absolute Gasteiger partial charge is 0.305 e. The van der Waals surface area contributed by atoms with Crippen LogP contribution in [0.25, 0.3) is 0 Å². The molecule has 0 spiro atoms. The molecule has 0 aliphatic carbocycles. The molecule has 9 nitrogen and oxygen atoms in total. The summed E-state index contributed by atoms with van der Waals surface area (Å²) in [5, 5.41) is 5.16. The Morgan fingerprint density at radius 2 is 1.65 bits per heavy atom. The van der Waals surface area contributed by atoms with E-state index in [0.29, 0.717) is 11.4 Å². The maximum atomic E-state index is 13.3. The Hall–Kier alpha value is -4.13. The summed E-state index contributed by atoms with van der Waals surface area (Å²) in [7, 11) is 0. The molecule has 13 heteroatoms. The zero-order valence-corrected chi connectivity index (χ0v) is 20.4. The predicted octanol–water partition coefficient (Wildman–Crippen LogP) is 5.48. The summed E-state index contributed by atoms with van der Waals surface area (Å²) in [5.74, 6) is 0.0522. The van der Waals surface area contributed by atoms with Gasteiger partial charge in [0.1, 0.15) is 17.2 Å². The molecule has 0 radical (unpaired) electrons. The SMILES string of the molecule is CC1(C)C(=O)N(c2ccc(SC(F)(F)F)cc2)C(=O)N1Cc1ccnc(NC(=O)Nc2ccccn2)c1. The highest BCUT2D eigenvalue weighted by atomic mass is 32.2. The highest BCUT2D eigenvalue weighted by molar-refractivity contribution is 8.00. The number of nitrogens with zero attached hydrogens (tertiary/aromatic N) is 4. The van der Waals surface area contributed by atoms with Gasteiger partial charge in [-0.05, 0) is 79.7 Å². The summed E-state index contributed by atoms with van der Waals surface area (Å²) in [5.41, 5.74) is -4.92. The Kier molecular flexibility index (Phi) is 7.07. The first-order chi connectivity index (χ1) is 17.4. The van der Waals surface area contributed by atoms with Crippen LogP contribution in [0.5, 0.6) is 0 Å². The fraction of sp³-hybridized carbons (Fsp3) is 0.208. The molecule has 192 valence electrons. The average molecular weight is 531 g/mol. The normalized spacial score (nSPS) is 15.2. The molecule has 0 saturated carbocycles. The first-order valence-electron chi connectivity index (χ1n) is 10.9. The lowest BCUT2D eigenvalue weighted by molar-refractivity contribution is -0.123. The molecule has 1 saturated heterocycles. The van der Waals surface area contributed by atoms with E-state index in [9.17, 15) is 27.6 Å². The minimum atomic E-state index is -4.45. The van der Waals surface area contributed by atoms with Crippen molar-refractivity contribution >= 4 is 47.1 Å². The molecule has 1 aliphatic rings. The first-order valence-corrected chi connectivity index (χ1v) is 11.7. The van der Waals surface area contributed by atoms with Gasteiger partial charge in [-0.25, -0.2) is 24.5 Å². The number of anilines is 3. The van der Waals surface area contributed by atoms with Crippen LogP contribution in [0.2, 0.25) is 0 Å². The molecule has 1 aliphatic heterocycles. The van der Waals surface area contributed by atoms with Crippen LogP contribution < -0.4 is 15.5 Å². The van der Waals surface area contributed by atoms with Crippen LogP contribution in [-0.4, -0.2) is 43.9 Å². The molecule has 0 bridgehead atoms. The number of thioether (sulfide) groups is 1. The summed E-state index contributed by atoms with van der Waals surface area (Å²) in [6, 6.07) is 12.1. The number of alkyl halides is 3. The molecular weight excluding hydrogens is 509 g/mol. The Morgan fingerprint density at radius 3 is 2.30 bits per heavy atom. The molecule has 1 fully saturated rings. The quantitative estimate of drug-likeness (QED) is 0.323. The molecule has 3 aromatic rings. The third kappa shape index (κ3) is 6.00. The van der Waals surface area contributed by atoms with E-state index < -0.39 is 29.0 Å². The zero-order chi connectivity index (χ0) is 26.8. The second-order valence-corrected chi connectivity index (χ2v) is 9.59. The Bertz CT molecular complexity index is 1320. The number of aromatic nitrogens is 2. The van der Waals surface area contributed by atoms with Crippen LogP contribution in [-0.2, 0) is 11.3 Å². The lowest BCUT2D eigenvalue weighted by Gasteiger charge is -2.27. The zero-order valence-electron chi connectivity index (χ0n) is 19.6. The molecule has 0 atom stereocenters. The van der Waals surface area contributed by atoms with Crippen LogP contribution in [0, 0.1) is 0 Å². The van der Waals surface area contributed by atoms with Crippen molar-refractivity contribution in [2.45, 2.75) is 36.3 Å². The molecule has 2 N–H and O–H groups in total. The number of hydrogen-bond acceptors (Lipinski definition) is 6. The number of carbonyl (C=O) groups excluding carboxylic acids is 3. The fourth-order valence-corrected chi connectivity index (χ4v) is 4.19. The number of amides is 5. The lowest BCUT2D eigenvalue weighted by atomic mass is 10.0. The third-order valence-corrected chi connectivity index (χ3v) is 6.20. The fourth-order valence-electron chi connectivity index (χ4n) is 3.65. The monoisotopic (exact) mass is 530 g/mol. The van der Waals surface area contributed by atoms with Gasteiger partial charge in [0.05, 0.1) is 5.69 Å². The Morgan fingerprint density at radius 1 is 0.973 bits per heavy atom. The van der Waals surface area contributed by atoms with E-state index in [-0.39, 0.29) is 34.7 Å². The van der Waals surface area contributed by atoms with E-state index in [1.807, 2.05) is 0 Å². The van der Waals surface area contributed by atoms with Gasteiger partial charge in [-0.15, -0.1) is 0 Å². The molecule has 1 aromatic carbocycles. The number of benzene rings is 1. The van der Waals surface area contributed by atoms with Gasteiger partial charge in [0.25, 0.3) is 5.91 Å². The summed E-state index contributed by atoms with van der Waals surface area (Å²) in [6.45, 7) is 3.19. The topological polar surface area (TPSA) is 108 Å². The lowest BCUT2D eigenvalue weighted by Crippen LogP contribution is -2.43. The second kappa shape index (κ2) is 10.1.